The van der Waals surface area contributed by atoms with Gasteiger partial charge in [-0.2, -0.15) is 0 Å². The Morgan fingerprint density at radius 2 is 1.56 bits per heavy atom. The number of amides is 2. The number of urea groups is 1. The third kappa shape index (κ3) is 5.21. The highest BCUT2D eigenvalue weighted by molar-refractivity contribution is 6.00. The molecule has 4 aromatic rings. The number of nitrogens with one attached hydrogen (secondary N) is 2. The number of hydrogen-bond acceptors (Lipinski definition) is 3. The van der Waals surface area contributed by atoms with Gasteiger partial charge in [-0.1, -0.05) is 42.5 Å². The highest BCUT2D eigenvalue weighted by Gasteiger charge is 2.09. The van der Waals surface area contributed by atoms with E-state index in [1.54, 1.807) is 59.3 Å². The molecule has 0 aliphatic carbocycles. The molecule has 0 fully saturated rings. The Balaban J connectivity index is 1.47. The van der Waals surface area contributed by atoms with Gasteiger partial charge in [-0.3, -0.25) is 4.79 Å². The largest absolute Gasteiger partial charge is 0.478 e. The minimum Gasteiger partial charge on any atom is -0.478 e. The van der Waals surface area contributed by atoms with Crippen LogP contribution in [0.4, 0.5) is 16.2 Å². The molecule has 7 heteroatoms. The molecule has 0 aliphatic heterocycles. The Morgan fingerprint density at radius 1 is 0.853 bits per heavy atom. The van der Waals surface area contributed by atoms with Crippen molar-refractivity contribution in [2.75, 3.05) is 10.6 Å². The van der Waals surface area contributed by atoms with E-state index in [0.717, 1.165) is 22.4 Å². The number of pyridine rings is 1. The second-order valence-corrected chi connectivity index (χ2v) is 7.83. The fraction of sp³-hybridized carbons (Fsp3) is 0.0741. The van der Waals surface area contributed by atoms with Crippen LogP contribution in [0.25, 0.3) is 11.1 Å². The first-order valence-corrected chi connectivity index (χ1v) is 10.7. The molecule has 34 heavy (non-hydrogen) atoms. The lowest BCUT2D eigenvalue weighted by atomic mass is 10.1. The van der Waals surface area contributed by atoms with Gasteiger partial charge in [0.2, 0.25) is 0 Å². The summed E-state index contributed by atoms with van der Waals surface area (Å²) in [5.74, 6) is -0.990. The van der Waals surface area contributed by atoms with E-state index >= 15 is 0 Å². The summed E-state index contributed by atoms with van der Waals surface area (Å²) in [5.41, 5.74) is 4.42. The second kappa shape index (κ2) is 9.87. The van der Waals surface area contributed by atoms with Gasteiger partial charge in [0, 0.05) is 23.1 Å². The Labute approximate surface area is 196 Å². The molecule has 0 atom stereocenters. The average molecular weight is 453 g/mol. The number of anilines is 2. The molecular formula is C27H23N3O4. The minimum atomic E-state index is -0.990. The van der Waals surface area contributed by atoms with Crippen LogP contribution in [0, 0.1) is 6.92 Å². The van der Waals surface area contributed by atoms with E-state index in [4.69, 9.17) is 5.11 Å². The van der Waals surface area contributed by atoms with Crippen molar-refractivity contribution < 1.29 is 14.7 Å². The van der Waals surface area contributed by atoms with Crippen LogP contribution in [0.3, 0.4) is 0 Å². The van der Waals surface area contributed by atoms with E-state index < -0.39 is 5.97 Å². The molecular weight excluding hydrogens is 430 g/mol. The molecule has 0 bridgehead atoms. The number of hydrogen-bond donors (Lipinski definition) is 3. The molecule has 3 aromatic carbocycles. The lowest BCUT2D eigenvalue weighted by Crippen LogP contribution is -2.21. The maximum absolute atomic E-state index is 13.0. The highest BCUT2D eigenvalue weighted by Crippen LogP contribution is 2.19. The summed E-state index contributed by atoms with van der Waals surface area (Å²) in [6, 6.07) is 24.2. The van der Waals surface area contributed by atoms with Gasteiger partial charge in [0.25, 0.3) is 5.56 Å². The quantitative estimate of drug-likeness (QED) is 0.373. The maximum atomic E-state index is 13.0. The first-order valence-electron chi connectivity index (χ1n) is 10.7. The highest BCUT2D eigenvalue weighted by atomic mass is 16.4. The number of aryl methyl sites for hydroxylation is 1. The number of para-hydroxylation sites is 1. The van der Waals surface area contributed by atoms with Crippen molar-refractivity contribution in [1.29, 1.82) is 0 Å². The molecule has 1 aromatic heterocycles. The lowest BCUT2D eigenvalue weighted by molar-refractivity contribution is 0.0697. The molecule has 0 aliphatic rings. The first-order chi connectivity index (χ1) is 16.4. The summed E-state index contributed by atoms with van der Waals surface area (Å²) < 4.78 is 1.58. The van der Waals surface area contributed by atoms with Crippen molar-refractivity contribution >= 4 is 23.4 Å². The van der Waals surface area contributed by atoms with Gasteiger partial charge in [0.05, 0.1) is 12.1 Å². The Bertz CT molecular complexity index is 1390. The van der Waals surface area contributed by atoms with Crippen LogP contribution < -0.4 is 16.2 Å². The first kappa shape index (κ1) is 22.5. The molecule has 0 unspecified atom stereocenters. The van der Waals surface area contributed by atoms with Crippen molar-refractivity contribution in [2.24, 2.45) is 0 Å². The smallest absolute Gasteiger partial charge is 0.335 e. The zero-order chi connectivity index (χ0) is 24.1. The van der Waals surface area contributed by atoms with Gasteiger partial charge in [0.15, 0.2) is 0 Å². The van der Waals surface area contributed by atoms with Crippen LogP contribution in [-0.2, 0) is 6.54 Å². The fourth-order valence-corrected chi connectivity index (χ4v) is 3.56. The molecule has 2 amide bonds. The van der Waals surface area contributed by atoms with Gasteiger partial charge in [0.1, 0.15) is 0 Å². The monoisotopic (exact) mass is 453 g/mol. The number of aromatic nitrogens is 1. The lowest BCUT2D eigenvalue weighted by Gasteiger charge is -2.11. The molecule has 0 saturated carbocycles. The summed E-state index contributed by atoms with van der Waals surface area (Å²) in [7, 11) is 0. The SMILES string of the molecule is Cc1ccccc1NC(=O)Nc1ccc(-c2cccn(Cc3ccc(C(=O)O)cc3)c2=O)cc1. The zero-order valence-electron chi connectivity index (χ0n) is 18.5. The van der Waals surface area contributed by atoms with Gasteiger partial charge in [-0.25, -0.2) is 9.59 Å². The normalized spacial score (nSPS) is 10.5. The zero-order valence-corrected chi connectivity index (χ0v) is 18.5. The molecule has 0 spiro atoms. The van der Waals surface area contributed by atoms with Crippen LogP contribution in [-0.4, -0.2) is 21.7 Å². The molecule has 0 saturated heterocycles. The van der Waals surface area contributed by atoms with E-state index in [0.29, 0.717) is 17.8 Å². The van der Waals surface area contributed by atoms with Crippen LogP contribution >= 0.6 is 0 Å². The van der Waals surface area contributed by atoms with Crippen molar-refractivity contribution in [3.63, 3.8) is 0 Å². The van der Waals surface area contributed by atoms with Gasteiger partial charge in [-0.15, -0.1) is 0 Å². The number of carbonyl (C=O) groups excluding carboxylic acids is 1. The van der Waals surface area contributed by atoms with Gasteiger partial charge in [-0.05, 0) is 66.1 Å². The molecule has 1 heterocycles. The van der Waals surface area contributed by atoms with Gasteiger partial charge < -0.3 is 20.3 Å². The van der Waals surface area contributed by atoms with E-state index in [2.05, 4.69) is 10.6 Å². The standard InChI is InChI=1S/C27H23N3O4/c1-18-5-2-3-7-24(18)29-27(34)28-22-14-12-20(13-15-22)23-6-4-16-30(25(23)31)17-19-8-10-21(11-9-19)26(32)33/h2-16H,17H2,1H3,(H,32,33)(H2,28,29,34). The van der Waals surface area contributed by atoms with Crippen molar-refractivity contribution in [1.82, 2.24) is 4.57 Å². The van der Waals surface area contributed by atoms with Crippen LogP contribution in [0.2, 0.25) is 0 Å². The predicted octanol–water partition coefficient (Wildman–Crippen LogP) is 5.21. The Hall–Kier alpha value is -4.65. The molecule has 3 N–H and O–H groups in total. The average Bonchev–Trinajstić information content (AvgIpc) is 2.83. The number of nitrogens with zero attached hydrogens (tertiary/aromatic N) is 1. The summed E-state index contributed by atoms with van der Waals surface area (Å²) >= 11 is 0. The summed E-state index contributed by atoms with van der Waals surface area (Å²) in [6.45, 7) is 2.24. The third-order valence-electron chi connectivity index (χ3n) is 5.42. The summed E-state index contributed by atoms with van der Waals surface area (Å²) in [5, 5.41) is 14.6. The van der Waals surface area contributed by atoms with Crippen LogP contribution in [0.1, 0.15) is 21.5 Å². The van der Waals surface area contributed by atoms with Crippen LogP contribution in [0.5, 0.6) is 0 Å². The number of benzene rings is 3. The summed E-state index contributed by atoms with van der Waals surface area (Å²) in [4.78, 5) is 36.4. The topological polar surface area (TPSA) is 100 Å². The van der Waals surface area contributed by atoms with E-state index in [1.165, 1.54) is 12.1 Å². The molecule has 0 radical (unpaired) electrons. The second-order valence-electron chi connectivity index (χ2n) is 7.83. The molecule has 170 valence electrons. The number of aromatic carboxylic acids is 1. The van der Waals surface area contributed by atoms with Gasteiger partial charge >= 0.3 is 12.0 Å². The van der Waals surface area contributed by atoms with Crippen molar-refractivity contribution in [2.45, 2.75) is 13.5 Å². The van der Waals surface area contributed by atoms with Crippen molar-refractivity contribution in [3.05, 3.63) is 118 Å². The van der Waals surface area contributed by atoms with E-state index in [-0.39, 0.29) is 17.2 Å². The fourth-order valence-electron chi connectivity index (χ4n) is 3.56. The Kier molecular flexibility index (Phi) is 6.54. The summed E-state index contributed by atoms with van der Waals surface area (Å²) in [6.07, 6.45) is 1.70. The number of carboxylic acid groups (broad SMARTS) is 1. The number of rotatable bonds is 6. The Morgan fingerprint density at radius 3 is 2.24 bits per heavy atom. The number of carbonyl (C=O) groups is 2. The predicted molar refractivity (Wildman–Crippen MR) is 132 cm³/mol. The molecule has 4 rings (SSSR count). The van der Waals surface area contributed by atoms with Crippen LogP contribution in [0.15, 0.2) is 95.9 Å². The molecule has 7 nitrogen and oxygen atoms in total. The van der Waals surface area contributed by atoms with Crippen molar-refractivity contribution in [3.8, 4) is 11.1 Å². The maximum Gasteiger partial charge on any atom is 0.335 e. The minimum absolute atomic E-state index is 0.164. The third-order valence-corrected chi connectivity index (χ3v) is 5.42. The number of carboxylic acids is 1. The van der Waals surface area contributed by atoms with E-state index in [9.17, 15) is 14.4 Å². The van der Waals surface area contributed by atoms with E-state index in [1.807, 2.05) is 31.2 Å².